The number of benzene rings is 12. The van der Waals surface area contributed by atoms with Crippen LogP contribution in [-0.4, -0.2) is 4.57 Å². The molecule has 13 aromatic rings. The van der Waals surface area contributed by atoms with Crippen molar-refractivity contribution in [2.24, 2.45) is 0 Å². The summed E-state index contributed by atoms with van der Waals surface area (Å²) >= 11 is 0. The summed E-state index contributed by atoms with van der Waals surface area (Å²) in [5.41, 5.74) is 36.5. The molecule has 0 saturated carbocycles. The Labute approximate surface area is 546 Å². The van der Waals surface area contributed by atoms with Gasteiger partial charge < -0.3 is 14.4 Å². The van der Waals surface area contributed by atoms with E-state index in [4.69, 9.17) is 0 Å². The first kappa shape index (κ1) is 55.4. The minimum Gasteiger partial charge on any atom is -0.311 e. The van der Waals surface area contributed by atoms with Crippen molar-refractivity contribution >= 4 is 50.2 Å². The van der Waals surface area contributed by atoms with E-state index in [9.17, 15) is 0 Å². The van der Waals surface area contributed by atoms with Crippen LogP contribution in [0.5, 0.6) is 0 Å². The molecule has 0 spiro atoms. The molecule has 0 N–H and O–H groups in total. The highest BCUT2D eigenvalue weighted by Gasteiger charge is 2.44. The first-order valence-corrected chi connectivity index (χ1v) is 33.4. The molecule has 0 radical (unpaired) electrons. The van der Waals surface area contributed by atoms with E-state index in [-0.39, 0.29) is 21.7 Å². The van der Waals surface area contributed by atoms with Gasteiger partial charge in [0.15, 0.2) is 0 Å². The summed E-state index contributed by atoms with van der Waals surface area (Å²) in [5, 5.41) is 2.60. The fourth-order valence-electron chi connectivity index (χ4n) is 17.1. The van der Waals surface area contributed by atoms with Crippen molar-refractivity contribution in [1.29, 1.82) is 0 Å². The minimum atomic E-state index is -0.255. The average Bonchev–Trinajstić information content (AvgIpc) is 1.63. The molecule has 0 atom stereocenters. The third kappa shape index (κ3) is 8.15. The Bertz CT molecular complexity index is 5340. The molecule has 2 aliphatic heterocycles. The Balaban J connectivity index is 0.707. The average molecular weight is 1200 g/mol. The zero-order valence-electron chi connectivity index (χ0n) is 54.2. The number of para-hydroxylation sites is 2. The maximum Gasteiger partial charge on any atom is 0.0582 e. The first-order chi connectivity index (χ1) is 45.1. The second-order valence-corrected chi connectivity index (χ2v) is 28.8. The second-order valence-electron chi connectivity index (χ2n) is 28.8. The van der Waals surface area contributed by atoms with E-state index in [0.717, 1.165) is 41.3 Å². The Morgan fingerprint density at radius 3 is 1.08 bits per heavy atom. The van der Waals surface area contributed by atoms with Crippen LogP contribution in [0.3, 0.4) is 0 Å². The predicted molar refractivity (Wildman–Crippen MR) is 392 cm³/mol. The highest BCUT2D eigenvalue weighted by Crippen LogP contribution is 2.58. The molecule has 0 amide bonds. The molecule has 3 aliphatic carbocycles. The van der Waals surface area contributed by atoms with Gasteiger partial charge in [-0.2, -0.15) is 0 Å². The summed E-state index contributed by atoms with van der Waals surface area (Å²) in [6, 6.07) is 96.8. The number of rotatable bonds is 10. The van der Waals surface area contributed by atoms with Crippen LogP contribution in [0.25, 0.3) is 94.3 Å². The molecular formula is C90H73N3. The van der Waals surface area contributed by atoms with Gasteiger partial charge >= 0.3 is 0 Å². The predicted octanol–water partition coefficient (Wildman–Crippen LogP) is 24.2. The van der Waals surface area contributed by atoms with Gasteiger partial charge in [-0.15, -0.1) is 0 Å². The lowest BCUT2D eigenvalue weighted by atomic mass is 9.68. The van der Waals surface area contributed by atoms with Crippen LogP contribution in [-0.2, 0) is 21.7 Å². The maximum atomic E-state index is 2.65. The van der Waals surface area contributed by atoms with Crippen molar-refractivity contribution < 1.29 is 0 Å². The zero-order valence-corrected chi connectivity index (χ0v) is 54.2. The van der Waals surface area contributed by atoms with Crippen LogP contribution in [0.1, 0.15) is 113 Å². The Morgan fingerprint density at radius 2 is 0.634 bits per heavy atom. The molecule has 0 unspecified atom stereocenters. The van der Waals surface area contributed by atoms with Crippen LogP contribution in [0.15, 0.2) is 279 Å². The smallest absolute Gasteiger partial charge is 0.0582 e. The van der Waals surface area contributed by atoms with E-state index in [1.165, 1.54) is 144 Å². The van der Waals surface area contributed by atoms with Crippen LogP contribution < -0.4 is 9.80 Å². The third-order valence-corrected chi connectivity index (χ3v) is 22.2. The van der Waals surface area contributed by atoms with Gasteiger partial charge in [0.05, 0.1) is 16.7 Å². The van der Waals surface area contributed by atoms with Gasteiger partial charge in [0.1, 0.15) is 0 Å². The number of hydrogen-bond donors (Lipinski definition) is 0. The summed E-state index contributed by atoms with van der Waals surface area (Å²) in [6.07, 6.45) is 9.07. The summed E-state index contributed by atoms with van der Waals surface area (Å²) in [6.45, 7) is 19.2. The number of hydrogen-bond acceptors (Lipinski definition) is 2. The number of allylic oxidation sites excluding steroid dienone is 3. The highest BCUT2D eigenvalue weighted by atomic mass is 15.2. The molecule has 12 aromatic carbocycles. The van der Waals surface area contributed by atoms with Crippen LogP contribution in [0, 0.1) is 0 Å². The Hall–Kier alpha value is -10.5. The van der Waals surface area contributed by atoms with Crippen molar-refractivity contribution in [3.05, 3.63) is 323 Å². The first-order valence-electron chi connectivity index (χ1n) is 33.4. The van der Waals surface area contributed by atoms with Crippen LogP contribution >= 0.6 is 0 Å². The van der Waals surface area contributed by atoms with E-state index in [0.29, 0.717) is 0 Å². The van der Waals surface area contributed by atoms with E-state index >= 15 is 0 Å². The maximum absolute atomic E-state index is 2.65. The van der Waals surface area contributed by atoms with Crippen molar-refractivity contribution in [1.82, 2.24) is 4.57 Å². The van der Waals surface area contributed by atoms with Gasteiger partial charge in [-0.05, 0) is 227 Å². The van der Waals surface area contributed by atoms with Gasteiger partial charge in [0.2, 0.25) is 0 Å². The number of aromatic nitrogens is 1. The molecule has 3 heterocycles. The molecule has 1 aromatic heterocycles. The molecule has 0 bridgehead atoms. The molecule has 0 saturated heterocycles. The molecule has 0 fully saturated rings. The molecule has 448 valence electrons. The van der Waals surface area contributed by atoms with Crippen LogP contribution in [0.2, 0.25) is 0 Å². The van der Waals surface area contributed by atoms with Gasteiger partial charge in [-0.3, -0.25) is 0 Å². The van der Waals surface area contributed by atoms with E-state index in [2.05, 4.69) is 343 Å². The second kappa shape index (κ2) is 20.0. The topological polar surface area (TPSA) is 11.4 Å². The fraction of sp³-hybridized carbons (Fsp3) is 0.156. The molecule has 3 heteroatoms. The third-order valence-electron chi connectivity index (χ3n) is 22.2. The lowest BCUT2D eigenvalue weighted by Crippen LogP contribution is -2.33. The van der Waals surface area contributed by atoms with Gasteiger partial charge in [-0.25, -0.2) is 0 Å². The van der Waals surface area contributed by atoms with Gasteiger partial charge in [0, 0.05) is 66.6 Å². The molecule has 5 aliphatic rings. The van der Waals surface area contributed by atoms with Gasteiger partial charge in [-0.1, -0.05) is 225 Å². The Morgan fingerprint density at radius 1 is 0.280 bits per heavy atom. The number of fused-ring (bicyclic) bond motifs is 7. The van der Waals surface area contributed by atoms with E-state index in [1.807, 2.05) is 0 Å². The van der Waals surface area contributed by atoms with E-state index < -0.39 is 0 Å². The monoisotopic (exact) mass is 1200 g/mol. The molecular weight excluding hydrogens is 1120 g/mol. The van der Waals surface area contributed by atoms with Crippen molar-refractivity contribution in [3.8, 4) is 72.4 Å². The van der Waals surface area contributed by atoms with Gasteiger partial charge in [0.25, 0.3) is 0 Å². The van der Waals surface area contributed by atoms with Crippen molar-refractivity contribution in [2.75, 3.05) is 9.80 Å². The standard InChI is InChI=1S/C90H73N3/c1-87(2)76-26-17-15-24-70(76)72-48-38-60(52-80(72)87)56-30-40-66(41-31-56)91(64-20-11-9-12-21-64)68-44-34-58(35-45-68)62-50-74-75-51-63(55-83-85(75)93-84(74)82(54-62)89(5,6)78-28-19-29-79(86(78)93)90(83,7)8)59-36-46-69(47-37-59)92(65-22-13-10-14-23-65)67-42-32-57(33-43-67)61-39-49-73-71-25-16-18-27-77(71)88(3,4)81(73)53-61/h9,11-13,15-55H,10,14H2,1-8H3. The Kier molecular flexibility index (Phi) is 11.9. The highest BCUT2D eigenvalue weighted by molar-refractivity contribution is 6.16. The minimum absolute atomic E-state index is 0.0501. The van der Waals surface area contributed by atoms with Crippen LogP contribution in [0.4, 0.5) is 28.4 Å². The largest absolute Gasteiger partial charge is 0.311 e. The normalized spacial score (nSPS) is 15.8. The van der Waals surface area contributed by atoms with Crippen molar-refractivity contribution in [3.63, 3.8) is 0 Å². The molecule has 93 heavy (non-hydrogen) atoms. The zero-order chi connectivity index (χ0) is 62.9. The lowest BCUT2D eigenvalue weighted by molar-refractivity contribution is 0.594. The molecule has 18 rings (SSSR count). The number of nitrogens with zero attached hydrogens (tertiary/aromatic N) is 3. The summed E-state index contributed by atoms with van der Waals surface area (Å²) in [5.74, 6) is 0. The molecule has 3 nitrogen and oxygen atoms in total. The summed E-state index contributed by atoms with van der Waals surface area (Å²) in [4.78, 5) is 4.82. The fourth-order valence-corrected chi connectivity index (χ4v) is 17.1. The summed E-state index contributed by atoms with van der Waals surface area (Å²) in [7, 11) is 0. The quantitative estimate of drug-likeness (QED) is 0.135. The summed E-state index contributed by atoms with van der Waals surface area (Å²) < 4.78 is 2.65. The lowest BCUT2D eigenvalue weighted by Gasteiger charge is -2.42. The number of anilines is 5. The van der Waals surface area contributed by atoms with E-state index in [1.54, 1.807) is 0 Å². The SMILES string of the molecule is CC1(C)c2ccccc2-c2ccc(-c3ccc(N(C4=CCCC=C4)c4ccc(-c5cc6c7c(c5)c5cc(-c8ccc(N(c9ccccc9)c9ccc(-c%10ccc%11c(c%10)C(C)(C)c%10ccccc%10-%11)cc9)cc8)cc8c5n7-c5c(cccc5C8(C)C)C6(C)C)cc4)cc3)cc21. The van der Waals surface area contributed by atoms with Crippen molar-refractivity contribution in [2.45, 2.75) is 89.9 Å².